The third kappa shape index (κ3) is 3.29. The van der Waals surface area contributed by atoms with Crippen LogP contribution in [0.3, 0.4) is 0 Å². The van der Waals surface area contributed by atoms with E-state index in [1.165, 1.54) is 11.8 Å². The molecule has 0 spiro atoms. The molecule has 26 heavy (non-hydrogen) atoms. The van der Waals surface area contributed by atoms with Gasteiger partial charge in [-0.05, 0) is 31.2 Å². The van der Waals surface area contributed by atoms with Crippen LogP contribution in [0.1, 0.15) is 15.9 Å². The summed E-state index contributed by atoms with van der Waals surface area (Å²) in [7, 11) is -3.06. The van der Waals surface area contributed by atoms with Crippen LogP contribution in [0.4, 0.5) is 5.69 Å². The Balaban J connectivity index is 1.72. The zero-order valence-corrected chi connectivity index (χ0v) is 15.8. The van der Waals surface area contributed by atoms with E-state index in [-0.39, 0.29) is 28.7 Å². The molecule has 2 saturated heterocycles. The molecule has 4 rings (SSSR count). The normalized spacial score (nSPS) is 25.4. The summed E-state index contributed by atoms with van der Waals surface area (Å²) in [6.07, 6.45) is 0. The number of nitrogens with zero attached hydrogens (tertiary/aromatic N) is 2. The average Bonchev–Trinajstić information content (AvgIpc) is 3.07. The summed E-state index contributed by atoms with van der Waals surface area (Å²) < 4.78 is 24.2. The van der Waals surface area contributed by atoms with Gasteiger partial charge in [-0.15, -0.1) is 0 Å². The minimum atomic E-state index is -3.06. The number of carbonyl (C=O) groups is 1. The monoisotopic (exact) mass is 386 g/mol. The molecule has 1 amide bonds. The Kier molecular flexibility index (Phi) is 4.36. The van der Waals surface area contributed by atoms with Crippen molar-refractivity contribution in [2.75, 3.05) is 16.4 Å². The molecule has 0 aromatic heterocycles. The fourth-order valence-electron chi connectivity index (χ4n) is 3.30. The van der Waals surface area contributed by atoms with Crippen LogP contribution in [0.5, 0.6) is 0 Å². The summed E-state index contributed by atoms with van der Waals surface area (Å²) in [6, 6.07) is 16.6. The van der Waals surface area contributed by atoms with E-state index < -0.39 is 9.84 Å². The number of aryl methyl sites for hydroxylation is 1. The molecular formula is C19H18N2O3S2. The van der Waals surface area contributed by atoms with Crippen molar-refractivity contribution in [2.45, 2.75) is 18.2 Å². The van der Waals surface area contributed by atoms with Gasteiger partial charge in [-0.3, -0.25) is 4.79 Å². The highest BCUT2D eigenvalue weighted by atomic mass is 32.2. The number of fused-ring (bicyclic) bond motifs is 1. The van der Waals surface area contributed by atoms with E-state index >= 15 is 0 Å². The summed E-state index contributed by atoms with van der Waals surface area (Å²) in [5.74, 6) is -0.0894. The molecule has 0 N–H and O–H groups in total. The fourth-order valence-corrected chi connectivity index (χ4v) is 7.22. The summed E-state index contributed by atoms with van der Waals surface area (Å²) in [6.45, 7) is 2.00. The number of amidine groups is 1. The summed E-state index contributed by atoms with van der Waals surface area (Å²) in [5.41, 5.74) is 2.51. The topological polar surface area (TPSA) is 66.8 Å². The van der Waals surface area contributed by atoms with E-state index in [4.69, 9.17) is 0 Å². The van der Waals surface area contributed by atoms with Gasteiger partial charge in [0.05, 0.1) is 17.5 Å². The van der Waals surface area contributed by atoms with Gasteiger partial charge < -0.3 is 4.90 Å². The number of hydrogen-bond donors (Lipinski definition) is 0. The number of hydrogen-bond acceptors (Lipinski definition) is 4. The molecule has 2 atom stereocenters. The van der Waals surface area contributed by atoms with Crippen molar-refractivity contribution >= 4 is 38.4 Å². The zero-order valence-electron chi connectivity index (χ0n) is 14.2. The maximum Gasteiger partial charge on any atom is 0.279 e. The molecule has 2 aromatic rings. The lowest BCUT2D eigenvalue weighted by atomic mass is 10.1. The van der Waals surface area contributed by atoms with Crippen molar-refractivity contribution in [1.82, 2.24) is 0 Å². The van der Waals surface area contributed by atoms with Crippen LogP contribution < -0.4 is 4.90 Å². The number of carbonyl (C=O) groups excluding carboxylic acids is 1. The van der Waals surface area contributed by atoms with Crippen LogP contribution in [0, 0.1) is 6.92 Å². The Labute approximate surface area is 157 Å². The highest BCUT2D eigenvalue weighted by molar-refractivity contribution is 8.16. The highest BCUT2D eigenvalue weighted by Crippen LogP contribution is 2.41. The van der Waals surface area contributed by atoms with Crippen LogP contribution in [0.2, 0.25) is 0 Å². The SMILES string of the molecule is Cc1ccc(N2C(=NC(=O)c3ccccc3)SC3CS(=O)(=O)CC32)cc1. The largest absolute Gasteiger partial charge is 0.316 e. The maximum absolute atomic E-state index is 12.5. The molecule has 2 unspecified atom stereocenters. The molecule has 134 valence electrons. The molecule has 2 heterocycles. The van der Waals surface area contributed by atoms with Gasteiger partial charge in [0.25, 0.3) is 5.91 Å². The quantitative estimate of drug-likeness (QED) is 0.794. The number of aliphatic imine (C=N–C) groups is 1. The molecule has 2 aliphatic heterocycles. The fraction of sp³-hybridized carbons (Fsp3) is 0.263. The van der Waals surface area contributed by atoms with Gasteiger partial charge in [0.15, 0.2) is 15.0 Å². The van der Waals surface area contributed by atoms with Crippen molar-refractivity contribution < 1.29 is 13.2 Å². The molecule has 0 bridgehead atoms. The first-order valence-corrected chi connectivity index (χ1v) is 11.0. The van der Waals surface area contributed by atoms with Crippen LogP contribution in [-0.2, 0) is 9.84 Å². The van der Waals surface area contributed by atoms with E-state index in [0.29, 0.717) is 10.7 Å². The molecule has 0 radical (unpaired) electrons. The van der Waals surface area contributed by atoms with Gasteiger partial charge in [-0.25, -0.2) is 8.42 Å². The average molecular weight is 386 g/mol. The Morgan fingerprint density at radius 3 is 2.46 bits per heavy atom. The molecule has 2 fully saturated rings. The third-order valence-electron chi connectivity index (χ3n) is 4.60. The molecule has 5 nitrogen and oxygen atoms in total. The second-order valence-electron chi connectivity index (χ2n) is 6.57. The van der Waals surface area contributed by atoms with Crippen LogP contribution in [-0.4, -0.2) is 42.3 Å². The summed E-state index contributed by atoms with van der Waals surface area (Å²) in [4.78, 5) is 18.8. The number of rotatable bonds is 2. The zero-order chi connectivity index (χ0) is 18.3. The minimum absolute atomic E-state index is 0.0939. The van der Waals surface area contributed by atoms with Gasteiger partial charge in [-0.1, -0.05) is 47.7 Å². The van der Waals surface area contributed by atoms with Crippen molar-refractivity contribution in [3.8, 4) is 0 Å². The van der Waals surface area contributed by atoms with Gasteiger partial charge in [0, 0.05) is 16.5 Å². The smallest absolute Gasteiger partial charge is 0.279 e. The Morgan fingerprint density at radius 1 is 1.08 bits per heavy atom. The van der Waals surface area contributed by atoms with Crippen molar-refractivity contribution in [2.24, 2.45) is 4.99 Å². The van der Waals surface area contributed by atoms with E-state index in [0.717, 1.165) is 11.3 Å². The van der Waals surface area contributed by atoms with Gasteiger partial charge in [0.2, 0.25) is 0 Å². The lowest BCUT2D eigenvalue weighted by Gasteiger charge is -2.24. The van der Waals surface area contributed by atoms with Gasteiger partial charge in [0.1, 0.15) is 0 Å². The number of anilines is 1. The first-order valence-electron chi connectivity index (χ1n) is 8.34. The van der Waals surface area contributed by atoms with Crippen LogP contribution in [0.25, 0.3) is 0 Å². The van der Waals surface area contributed by atoms with E-state index in [2.05, 4.69) is 4.99 Å². The molecular weight excluding hydrogens is 368 g/mol. The molecule has 2 aromatic carbocycles. The lowest BCUT2D eigenvalue weighted by molar-refractivity contribution is 0.100. The van der Waals surface area contributed by atoms with E-state index in [1.54, 1.807) is 24.3 Å². The van der Waals surface area contributed by atoms with Crippen LogP contribution >= 0.6 is 11.8 Å². The van der Waals surface area contributed by atoms with Crippen molar-refractivity contribution in [3.63, 3.8) is 0 Å². The molecule has 7 heteroatoms. The highest BCUT2D eigenvalue weighted by Gasteiger charge is 2.49. The van der Waals surface area contributed by atoms with E-state index in [9.17, 15) is 13.2 Å². The molecule has 0 aliphatic carbocycles. The number of benzene rings is 2. The summed E-state index contributed by atoms with van der Waals surface area (Å²) in [5, 5.41) is 0.483. The number of thioether (sulfide) groups is 1. The maximum atomic E-state index is 12.5. The second-order valence-corrected chi connectivity index (χ2v) is 9.93. The van der Waals surface area contributed by atoms with E-state index in [1.807, 2.05) is 42.2 Å². The Bertz CT molecular complexity index is 970. The molecule has 0 saturated carbocycles. The lowest BCUT2D eigenvalue weighted by Crippen LogP contribution is -2.37. The van der Waals surface area contributed by atoms with Gasteiger partial charge >= 0.3 is 0 Å². The summed E-state index contributed by atoms with van der Waals surface area (Å²) >= 11 is 1.39. The first-order chi connectivity index (χ1) is 12.4. The van der Waals surface area contributed by atoms with Gasteiger partial charge in [-0.2, -0.15) is 4.99 Å². The Morgan fingerprint density at radius 2 is 1.77 bits per heavy atom. The van der Waals surface area contributed by atoms with Crippen LogP contribution in [0.15, 0.2) is 59.6 Å². The third-order valence-corrected chi connectivity index (χ3v) is 7.81. The standard InChI is InChI=1S/C19H18N2O3S2/c1-13-7-9-15(10-8-13)21-16-11-26(23,24)12-17(16)25-19(21)20-18(22)14-5-3-2-4-6-14/h2-10,16-17H,11-12H2,1H3. The first kappa shape index (κ1) is 17.3. The number of amides is 1. The van der Waals surface area contributed by atoms with Crippen molar-refractivity contribution in [1.29, 1.82) is 0 Å². The predicted octanol–water partition coefficient (Wildman–Crippen LogP) is 2.91. The second kappa shape index (κ2) is 6.55. The molecule has 2 aliphatic rings. The minimum Gasteiger partial charge on any atom is -0.316 e. The predicted molar refractivity (Wildman–Crippen MR) is 106 cm³/mol. The Hall–Kier alpha value is -2.12. The van der Waals surface area contributed by atoms with Crippen molar-refractivity contribution in [3.05, 3.63) is 65.7 Å². The number of sulfone groups is 1.